The third-order valence-electron chi connectivity index (χ3n) is 3.47. The first-order valence-corrected chi connectivity index (χ1v) is 9.48. The molecule has 0 saturated heterocycles. The molecule has 2 amide bonds. The van der Waals surface area contributed by atoms with Crippen LogP contribution < -0.4 is 10.6 Å². The molecular weight excluding hydrogens is 364 g/mol. The Labute approximate surface area is 162 Å². The van der Waals surface area contributed by atoms with Crippen molar-refractivity contribution >= 4 is 40.9 Å². The number of thioether (sulfide) groups is 1. The van der Waals surface area contributed by atoms with Crippen LogP contribution in [0.1, 0.15) is 20.3 Å². The van der Waals surface area contributed by atoms with E-state index in [9.17, 15) is 14.4 Å². The van der Waals surface area contributed by atoms with Gasteiger partial charge < -0.3 is 15.4 Å². The van der Waals surface area contributed by atoms with E-state index >= 15 is 0 Å². The summed E-state index contributed by atoms with van der Waals surface area (Å²) in [6, 6.07) is 16.4. The van der Waals surface area contributed by atoms with Crippen molar-refractivity contribution in [1.82, 2.24) is 0 Å². The summed E-state index contributed by atoms with van der Waals surface area (Å²) in [4.78, 5) is 36.1. The van der Waals surface area contributed by atoms with Gasteiger partial charge in [-0.1, -0.05) is 18.2 Å². The number of hydrogen-bond acceptors (Lipinski definition) is 5. The Morgan fingerprint density at radius 1 is 0.963 bits per heavy atom. The van der Waals surface area contributed by atoms with Crippen LogP contribution in [0.25, 0.3) is 0 Å². The lowest BCUT2D eigenvalue weighted by Gasteiger charge is -2.14. The standard InChI is InChI=1S/C20H22N2O4S/c1-14(26-19(24)12-13-27-18-6-4-3-5-7-18)20(25)22-17-10-8-16(9-11-17)21-15(2)23/h3-11,14H,12-13H2,1-2H3,(H,21,23)(H,22,25)/t14-/m1/s1. The summed E-state index contributed by atoms with van der Waals surface area (Å²) in [6.45, 7) is 2.95. The minimum atomic E-state index is -0.894. The van der Waals surface area contributed by atoms with E-state index in [2.05, 4.69) is 10.6 Å². The molecule has 0 unspecified atom stereocenters. The Morgan fingerprint density at radius 3 is 2.15 bits per heavy atom. The number of benzene rings is 2. The van der Waals surface area contributed by atoms with Gasteiger partial charge >= 0.3 is 5.97 Å². The van der Waals surface area contributed by atoms with Crippen LogP contribution in [0, 0.1) is 0 Å². The zero-order valence-electron chi connectivity index (χ0n) is 15.2. The van der Waals surface area contributed by atoms with Crippen molar-refractivity contribution in [3.63, 3.8) is 0 Å². The fraction of sp³-hybridized carbons (Fsp3) is 0.250. The van der Waals surface area contributed by atoms with E-state index in [1.165, 1.54) is 13.8 Å². The second-order valence-electron chi connectivity index (χ2n) is 5.79. The van der Waals surface area contributed by atoms with Gasteiger partial charge in [0.2, 0.25) is 5.91 Å². The predicted molar refractivity (Wildman–Crippen MR) is 107 cm³/mol. The molecular formula is C20H22N2O4S. The van der Waals surface area contributed by atoms with Crippen LogP contribution in [0.2, 0.25) is 0 Å². The molecule has 2 rings (SSSR count). The Bertz CT molecular complexity index is 778. The molecule has 142 valence electrons. The first-order valence-electron chi connectivity index (χ1n) is 8.50. The smallest absolute Gasteiger partial charge is 0.307 e. The second-order valence-corrected chi connectivity index (χ2v) is 6.96. The van der Waals surface area contributed by atoms with E-state index in [4.69, 9.17) is 4.74 Å². The van der Waals surface area contributed by atoms with Crippen LogP contribution in [0.4, 0.5) is 11.4 Å². The maximum absolute atomic E-state index is 12.1. The molecule has 2 N–H and O–H groups in total. The first-order chi connectivity index (χ1) is 12.9. The highest BCUT2D eigenvalue weighted by Gasteiger charge is 2.17. The number of nitrogens with one attached hydrogen (secondary N) is 2. The lowest BCUT2D eigenvalue weighted by atomic mass is 10.2. The largest absolute Gasteiger partial charge is 0.453 e. The van der Waals surface area contributed by atoms with E-state index in [1.54, 1.807) is 36.0 Å². The van der Waals surface area contributed by atoms with Crippen molar-refractivity contribution in [3.05, 3.63) is 54.6 Å². The molecule has 0 aliphatic rings. The van der Waals surface area contributed by atoms with Crippen LogP contribution in [-0.4, -0.2) is 29.6 Å². The fourth-order valence-electron chi connectivity index (χ4n) is 2.16. The van der Waals surface area contributed by atoms with Gasteiger partial charge in [0.1, 0.15) is 0 Å². The average molecular weight is 386 g/mol. The van der Waals surface area contributed by atoms with Gasteiger partial charge in [0.15, 0.2) is 6.10 Å². The topological polar surface area (TPSA) is 84.5 Å². The van der Waals surface area contributed by atoms with Crippen molar-refractivity contribution in [2.45, 2.75) is 31.3 Å². The summed E-state index contributed by atoms with van der Waals surface area (Å²) >= 11 is 1.56. The molecule has 0 spiro atoms. The number of anilines is 2. The first kappa shape index (κ1) is 20.5. The molecule has 6 nitrogen and oxygen atoms in total. The number of rotatable bonds is 8. The molecule has 0 radical (unpaired) electrons. The van der Waals surface area contributed by atoms with Crippen LogP contribution >= 0.6 is 11.8 Å². The molecule has 0 fully saturated rings. The Morgan fingerprint density at radius 2 is 1.56 bits per heavy atom. The third kappa shape index (κ3) is 7.53. The normalized spacial score (nSPS) is 11.3. The minimum Gasteiger partial charge on any atom is -0.453 e. The summed E-state index contributed by atoms with van der Waals surface area (Å²) < 4.78 is 5.18. The summed E-state index contributed by atoms with van der Waals surface area (Å²) in [7, 11) is 0. The third-order valence-corrected chi connectivity index (χ3v) is 4.48. The van der Waals surface area contributed by atoms with Gasteiger partial charge in [-0.25, -0.2) is 0 Å². The minimum absolute atomic E-state index is 0.169. The summed E-state index contributed by atoms with van der Waals surface area (Å²) in [5, 5.41) is 5.32. The van der Waals surface area contributed by atoms with E-state index in [1.807, 2.05) is 30.3 Å². The highest BCUT2D eigenvalue weighted by molar-refractivity contribution is 7.99. The number of amides is 2. The number of ether oxygens (including phenoxy) is 1. The summed E-state index contributed by atoms with van der Waals surface area (Å²) in [6.07, 6.45) is -0.669. The Kier molecular flexibility index (Phi) is 7.88. The van der Waals surface area contributed by atoms with Crippen LogP contribution in [0.5, 0.6) is 0 Å². The molecule has 2 aromatic rings. The molecule has 0 aliphatic heterocycles. The molecule has 1 atom stereocenters. The number of carbonyl (C=O) groups excluding carboxylic acids is 3. The average Bonchev–Trinajstić information content (AvgIpc) is 2.63. The van der Waals surface area contributed by atoms with Gasteiger partial charge in [0.05, 0.1) is 6.42 Å². The highest BCUT2D eigenvalue weighted by atomic mass is 32.2. The van der Waals surface area contributed by atoms with Crippen LogP contribution in [-0.2, 0) is 19.1 Å². The quantitative estimate of drug-likeness (QED) is 0.534. The number of hydrogen-bond donors (Lipinski definition) is 2. The molecule has 27 heavy (non-hydrogen) atoms. The number of carbonyl (C=O) groups is 3. The van der Waals surface area contributed by atoms with Gasteiger partial charge in [-0.15, -0.1) is 11.8 Å². The molecule has 7 heteroatoms. The molecule has 0 aromatic heterocycles. The molecule has 0 saturated carbocycles. The van der Waals surface area contributed by atoms with Gasteiger partial charge in [0.25, 0.3) is 5.91 Å². The van der Waals surface area contributed by atoms with Gasteiger partial charge in [-0.05, 0) is 43.3 Å². The van der Waals surface area contributed by atoms with Crippen molar-refractivity contribution in [2.75, 3.05) is 16.4 Å². The van der Waals surface area contributed by atoms with Crippen molar-refractivity contribution in [1.29, 1.82) is 0 Å². The van der Waals surface area contributed by atoms with E-state index < -0.39 is 18.0 Å². The zero-order valence-corrected chi connectivity index (χ0v) is 16.0. The maximum Gasteiger partial charge on any atom is 0.307 e. The highest BCUT2D eigenvalue weighted by Crippen LogP contribution is 2.18. The second kappa shape index (κ2) is 10.4. The van der Waals surface area contributed by atoms with Crippen molar-refractivity contribution < 1.29 is 19.1 Å². The van der Waals surface area contributed by atoms with Gasteiger partial charge in [-0.2, -0.15) is 0 Å². The molecule has 0 heterocycles. The lowest BCUT2D eigenvalue weighted by molar-refractivity contribution is -0.152. The van der Waals surface area contributed by atoms with E-state index in [-0.39, 0.29) is 12.3 Å². The fourth-order valence-corrected chi connectivity index (χ4v) is 3.02. The summed E-state index contributed by atoms with van der Waals surface area (Å²) in [5.41, 5.74) is 1.19. The van der Waals surface area contributed by atoms with E-state index in [0.717, 1.165) is 4.90 Å². The van der Waals surface area contributed by atoms with Gasteiger partial charge in [-0.3, -0.25) is 14.4 Å². The SMILES string of the molecule is CC(=O)Nc1ccc(NC(=O)[C@@H](C)OC(=O)CCSc2ccccc2)cc1. The van der Waals surface area contributed by atoms with Crippen LogP contribution in [0.15, 0.2) is 59.5 Å². The predicted octanol–water partition coefficient (Wildman–Crippen LogP) is 3.70. The molecule has 0 bridgehead atoms. The maximum atomic E-state index is 12.1. The van der Waals surface area contributed by atoms with Crippen molar-refractivity contribution in [2.24, 2.45) is 0 Å². The molecule has 0 aliphatic carbocycles. The van der Waals surface area contributed by atoms with Crippen LogP contribution in [0.3, 0.4) is 0 Å². The van der Waals surface area contributed by atoms with Crippen molar-refractivity contribution in [3.8, 4) is 0 Å². The Balaban J connectivity index is 1.74. The van der Waals surface area contributed by atoms with Gasteiger partial charge in [0, 0.05) is 28.9 Å². The zero-order chi connectivity index (χ0) is 19.6. The summed E-state index contributed by atoms with van der Waals surface area (Å²) in [5.74, 6) is -0.409. The lowest BCUT2D eigenvalue weighted by Crippen LogP contribution is -2.30. The molecule has 2 aromatic carbocycles. The Hall–Kier alpha value is -2.80. The number of esters is 1. The van der Waals surface area contributed by atoms with E-state index in [0.29, 0.717) is 17.1 Å². The monoisotopic (exact) mass is 386 g/mol.